The number of quaternary nitrogens is 1. The Morgan fingerprint density at radius 1 is 1.20 bits per heavy atom. The molecule has 2 heterocycles. The summed E-state index contributed by atoms with van der Waals surface area (Å²) in [6.45, 7) is 2.90. The van der Waals surface area contributed by atoms with Crippen molar-refractivity contribution in [2.45, 2.75) is 6.04 Å². The van der Waals surface area contributed by atoms with Crippen molar-refractivity contribution < 1.29 is 14.4 Å². The van der Waals surface area contributed by atoms with Gasteiger partial charge < -0.3 is 9.64 Å². The van der Waals surface area contributed by atoms with Gasteiger partial charge in [-0.2, -0.15) is 5.10 Å². The average molecular weight is 404 g/mol. The van der Waals surface area contributed by atoms with Crippen molar-refractivity contribution in [1.82, 2.24) is 10.4 Å². The second kappa shape index (κ2) is 8.84. The molecule has 0 aliphatic carbocycles. The number of hydrogen-bond donors (Lipinski definition) is 2. The Labute approximate surface area is 155 Å². The molecule has 2 N–H and O–H groups in total. The second-order valence-corrected chi connectivity index (χ2v) is 6.69. The molecule has 7 heteroatoms. The lowest BCUT2D eigenvalue weighted by Gasteiger charge is -2.30. The van der Waals surface area contributed by atoms with Crippen molar-refractivity contribution in [3.8, 4) is 0 Å². The molecule has 3 rings (SSSR count). The lowest BCUT2D eigenvalue weighted by molar-refractivity contribution is -0.929. The van der Waals surface area contributed by atoms with Gasteiger partial charge in [-0.3, -0.25) is 9.78 Å². The van der Waals surface area contributed by atoms with Gasteiger partial charge in [0.15, 0.2) is 6.04 Å². The molecule has 1 aromatic carbocycles. The third-order valence-electron chi connectivity index (χ3n) is 4.10. The molecule has 25 heavy (non-hydrogen) atoms. The number of benzene rings is 1. The molecule has 0 spiro atoms. The topological polar surface area (TPSA) is 68.0 Å². The van der Waals surface area contributed by atoms with Gasteiger partial charge in [0, 0.05) is 22.4 Å². The summed E-state index contributed by atoms with van der Waals surface area (Å²) < 4.78 is 6.42. The van der Waals surface area contributed by atoms with Crippen molar-refractivity contribution in [1.29, 1.82) is 0 Å². The Balaban J connectivity index is 1.71. The lowest BCUT2D eigenvalue weighted by atomic mass is 10.1. The maximum absolute atomic E-state index is 12.8. The number of ether oxygens (including phenoxy) is 1. The SMILES string of the molecule is O=C(N/N=C\c1ccc(Br)cc1)[C@H](c1ccncc1)[NH+]1CCOCC1. The third-order valence-corrected chi connectivity index (χ3v) is 4.63. The van der Waals surface area contributed by atoms with E-state index in [1.54, 1.807) is 18.6 Å². The van der Waals surface area contributed by atoms with Crippen LogP contribution in [0.4, 0.5) is 0 Å². The minimum absolute atomic E-state index is 0.128. The van der Waals surface area contributed by atoms with Gasteiger partial charge in [-0.1, -0.05) is 28.1 Å². The van der Waals surface area contributed by atoms with E-state index < -0.39 is 0 Å². The Kier molecular flexibility index (Phi) is 6.27. The molecule has 1 aliphatic heterocycles. The van der Waals surface area contributed by atoms with Gasteiger partial charge in [0.25, 0.3) is 0 Å². The summed E-state index contributed by atoms with van der Waals surface area (Å²) in [7, 11) is 0. The van der Waals surface area contributed by atoms with Crippen LogP contribution in [0.3, 0.4) is 0 Å². The summed E-state index contributed by atoms with van der Waals surface area (Å²) in [5, 5.41) is 4.11. The summed E-state index contributed by atoms with van der Waals surface area (Å²) in [6, 6.07) is 11.1. The Morgan fingerprint density at radius 3 is 2.56 bits per heavy atom. The smallest absolute Gasteiger partial charge is 0.303 e. The second-order valence-electron chi connectivity index (χ2n) is 5.77. The zero-order valence-corrected chi connectivity index (χ0v) is 15.3. The van der Waals surface area contributed by atoms with E-state index in [1.165, 1.54) is 4.90 Å². The standard InChI is InChI=1S/C18H19BrN4O2/c19-16-3-1-14(2-4-16)13-21-22-18(24)17(15-5-7-20-8-6-15)23-9-11-25-12-10-23/h1-8,13,17H,9-12H2,(H,22,24)/p+1/b21-13-/t17-/m0/s1. The normalized spacial score (nSPS) is 16.7. The first-order valence-corrected chi connectivity index (χ1v) is 8.94. The lowest BCUT2D eigenvalue weighted by Crippen LogP contribution is -3.15. The molecule has 1 saturated heterocycles. The molecular formula is C18H20BrN4O2+. The molecule has 1 fully saturated rings. The number of morpholine rings is 1. The van der Waals surface area contributed by atoms with E-state index in [2.05, 4.69) is 31.4 Å². The number of pyridine rings is 1. The highest BCUT2D eigenvalue weighted by molar-refractivity contribution is 9.10. The minimum atomic E-state index is -0.325. The molecule has 0 bridgehead atoms. The molecule has 1 aromatic heterocycles. The van der Waals surface area contributed by atoms with E-state index in [1.807, 2.05) is 36.4 Å². The fraction of sp³-hybridized carbons (Fsp3) is 0.278. The largest absolute Gasteiger partial charge is 0.370 e. The molecule has 2 aromatic rings. The molecule has 0 radical (unpaired) electrons. The number of rotatable bonds is 5. The number of halogens is 1. The van der Waals surface area contributed by atoms with Gasteiger partial charge in [0.05, 0.1) is 19.4 Å². The van der Waals surface area contributed by atoms with Gasteiger partial charge in [-0.15, -0.1) is 0 Å². The number of amides is 1. The number of carbonyl (C=O) groups is 1. The van der Waals surface area contributed by atoms with E-state index in [9.17, 15) is 4.79 Å². The summed E-state index contributed by atoms with van der Waals surface area (Å²) in [5.74, 6) is -0.128. The highest BCUT2D eigenvalue weighted by Gasteiger charge is 2.32. The summed E-state index contributed by atoms with van der Waals surface area (Å²) >= 11 is 3.39. The molecule has 1 amide bonds. The highest BCUT2D eigenvalue weighted by atomic mass is 79.9. The fourth-order valence-corrected chi connectivity index (χ4v) is 3.10. The van der Waals surface area contributed by atoms with Gasteiger partial charge >= 0.3 is 5.91 Å². The molecule has 1 atom stereocenters. The molecule has 6 nitrogen and oxygen atoms in total. The van der Waals surface area contributed by atoms with Gasteiger partial charge in [-0.25, -0.2) is 5.43 Å². The van der Waals surface area contributed by atoms with E-state index >= 15 is 0 Å². The zero-order valence-electron chi connectivity index (χ0n) is 13.7. The van der Waals surface area contributed by atoms with Crippen molar-refractivity contribution in [2.75, 3.05) is 26.3 Å². The quantitative estimate of drug-likeness (QED) is 0.576. The van der Waals surface area contributed by atoms with Crippen molar-refractivity contribution in [3.63, 3.8) is 0 Å². The Morgan fingerprint density at radius 2 is 1.88 bits per heavy atom. The van der Waals surface area contributed by atoms with Crippen LogP contribution in [-0.2, 0) is 9.53 Å². The van der Waals surface area contributed by atoms with E-state index in [-0.39, 0.29) is 11.9 Å². The van der Waals surface area contributed by atoms with Crippen molar-refractivity contribution >= 4 is 28.1 Å². The maximum atomic E-state index is 12.8. The number of hydrogen-bond acceptors (Lipinski definition) is 4. The summed E-state index contributed by atoms with van der Waals surface area (Å²) in [5.41, 5.74) is 4.53. The average Bonchev–Trinajstić information content (AvgIpc) is 2.65. The van der Waals surface area contributed by atoms with Crippen LogP contribution in [0.1, 0.15) is 17.2 Å². The summed E-state index contributed by atoms with van der Waals surface area (Å²) in [6.07, 6.45) is 5.06. The Bertz CT molecular complexity index is 716. The van der Waals surface area contributed by atoms with Crippen LogP contribution in [0.2, 0.25) is 0 Å². The van der Waals surface area contributed by atoms with Gasteiger partial charge in [-0.05, 0) is 29.8 Å². The first kappa shape index (κ1) is 17.7. The van der Waals surface area contributed by atoms with Crippen LogP contribution in [0.15, 0.2) is 58.4 Å². The number of aromatic nitrogens is 1. The van der Waals surface area contributed by atoms with E-state index in [0.717, 1.165) is 28.7 Å². The van der Waals surface area contributed by atoms with Crippen molar-refractivity contribution in [3.05, 3.63) is 64.4 Å². The first-order chi connectivity index (χ1) is 12.2. The van der Waals surface area contributed by atoms with E-state index in [4.69, 9.17) is 4.74 Å². The predicted molar refractivity (Wildman–Crippen MR) is 98.4 cm³/mol. The van der Waals surface area contributed by atoms with Crippen LogP contribution < -0.4 is 10.3 Å². The molecule has 0 saturated carbocycles. The predicted octanol–water partition coefficient (Wildman–Crippen LogP) is 0.951. The van der Waals surface area contributed by atoms with E-state index in [0.29, 0.717) is 13.2 Å². The molecular weight excluding hydrogens is 384 g/mol. The van der Waals surface area contributed by atoms with Crippen LogP contribution in [-0.4, -0.2) is 43.4 Å². The highest BCUT2D eigenvalue weighted by Crippen LogP contribution is 2.10. The van der Waals surface area contributed by atoms with Crippen molar-refractivity contribution in [2.24, 2.45) is 5.10 Å². The molecule has 0 unspecified atom stereocenters. The third kappa shape index (κ3) is 4.94. The number of nitrogens with zero attached hydrogens (tertiary/aromatic N) is 2. The Hall–Kier alpha value is -2.09. The van der Waals surface area contributed by atoms with Crippen LogP contribution in [0.5, 0.6) is 0 Å². The molecule has 1 aliphatic rings. The minimum Gasteiger partial charge on any atom is -0.370 e. The summed E-state index contributed by atoms with van der Waals surface area (Å²) in [4.78, 5) is 18.0. The zero-order chi connectivity index (χ0) is 17.5. The number of hydrazone groups is 1. The number of carbonyl (C=O) groups excluding carboxylic acids is 1. The van der Waals surface area contributed by atoms with Crippen LogP contribution in [0.25, 0.3) is 0 Å². The van der Waals surface area contributed by atoms with Gasteiger partial charge in [0.2, 0.25) is 0 Å². The number of nitrogens with one attached hydrogen (secondary N) is 2. The van der Waals surface area contributed by atoms with Crippen LogP contribution >= 0.6 is 15.9 Å². The van der Waals surface area contributed by atoms with Gasteiger partial charge in [0.1, 0.15) is 13.1 Å². The monoisotopic (exact) mass is 403 g/mol. The first-order valence-electron chi connectivity index (χ1n) is 8.15. The maximum Gasteiger partial charge on any atom is 0.303 e. The fourth-order valence-electron chi connectivity index (χ4n) is 2.83. The molecule has 130 valence electrons. The van der Waals surface area contributed by atoms with Crippen LogP contribution in [0, 0.1) is 0 Å².